The van der Waals surface area contributed by atoms with Gasteiger partial charge < -0.3 is 9.47 Å². The minimum absolute atomic E-state index is 0.0845. The van der Waals surface area contributed by atoms with Crippen LogP contribution in [0, 0.1) is 0 Å². The van der Waals surface area contributed by atoms with Crippen molar-refractivity contribution >= 4 is 10.0 Å². The number of aromatic nitrogens is 2. The molecule has 0 radical (unpaired) electrons. The molecule has 30 heavy (non-hydrogen) atoms. The van der Waals surface area contributed by atoms with E-state index in [0.717, 1.165) is 24.2 Å². The molecule has 0 amide bonds. The first-order valence-electron chi connectivity index (χ1n) is 9.96. The summed E-state index contributed by atoms with van der Waals surface area (Å²) in [5.74, 6) is 0.863. The van der Waals surface area contributed by atoms with E-state index in [0.29, 0.717) is 25.4 Å². The third kappa shape index (κ3) is 6.82. The number of ether oxygens (including phenoxy) is 2. The van der Waals surface area contributed by atoms with Gasteiger partial charge >= 0.3 is 5.69 Å². The average Bonchev–Trinajstić information content (AvgIpc) is 3.49. The van der Waals surface area contributed by atoms with Crippen molar-refractivity contribution in [3.8, 4) is 5.75 Å². The molecule has 1 aromatic carbocycles. The van der Waals surface area contributed by atoms with Gasteiger partial charge in [-0.1, -0.05) is 18.2 Å². The SMILES string of the molecule is NS(=O)(=O)C(CCCc1ccccc1OC1CC1)CCOCn1ccc(=O)[nH]c1=O. The number of hydrogen-bond acceptors (Lipinski definition) is 6. The molecule has 1 aliphatic carbocycles. The fourth-order valence-electron chi connectivity index (χ4n) is 3.11. The molecule has 0 aliphatic heterocycles. The van der Waals surface area contributed by atoms with Crippen LogP contribution in [0.2, 0.25) is 0 Å². The van der Waals surface area contributed by atoms with Gasteiger partial charge in [0.1, 0.15) is 12.5 Å². The van der Waals surface area contributed by atoms with Crippen LogP contribution >= 0.6 is 0 Å². The van der Waals surface area contributed by atoms with Gasteiger partial charge in [0.15, 0.2) is 0 Å². The van der Waals surface area contributed by atoms with Crippen molar-refractivity contribution in [2.75, 3.05) is 6.61 Å². The van der Waals surface area contributed by atoms with Crippen molar-refractivity contribution in [1.29, 1.82) is 0 Å². The highest BCUT2D eigenvalue weighted by molar-refractivity contribution is 7.89. The summed E-state index contributed by atoms with van der Waals surface area (Å²) in [5, 5.41) is 4.66. The van der Waals surface area contributed by atoms with Crippen molar-refractivity contribution in [3.05, 3.63) is 62.9 Å². The molecule has 0 saturated heterocycles. The van der Waals surface area contributed by atoms with Crippen LogP contribution in [0.3, 0.4) is 0 Å². The fourth-order valence-corrected chi connectivity index (χ4v) is 4.03. The van der Waals surface area contributed by atoms with Gasteiger partial charge in [0.2, 0.25) is 10.0 Å². The molecule has 3 rings (SSSR count). The van der Waals surface area contributed by atoms with E-state index >= 15 is 0 Å². The van der Waals surface area contributed by atoms with Gasteiger partial charge in [0, 0.05) is 12.3 Å². The molecule has 1 aromatic heterocycles. The number of H-pyrrole nitrogens is 1. The van der Waals surface area contributed by atoms with E-state index < -0.39 is 26.5 Å². The summed E-state index contributed by atoms with van der Waals surface area (Å²) in [6.07, 6.45) is 5.74. The second-order valence-electron chi connectivity index (χ2n) is 7.43. The van der Waals surface area contributed by atoms with Crippen LogP contribution < -0.4 is 21.1 Å². The second kappa shape index (κ2) is 10.1. The third-order valence-electron chi connectivity index (χ3n) is 4.94. The molecule has 1 heterocycles. The van der Waals surface area contributed by atoms with Gasteiger partial charge in [0.25, 0.3) is 5.56 Å². The first-order chi connectivity index (χ1) is 14.3. The Morgan fingerprint density at radius 3 is 2.63 bits per heavy atom. The second-order valence-corrected chi connectivity index (χ2v) is 9.28. The first-order valence-corrected chi connectivity index (χ1v) is 11.6. The molecule has 1 unspecified atom stereocenters. The average molecular weight is 438 g/mol. The van der Waals surface area contributed by atoms with Crippen molar-refractivity contribution < 1.29 is 17.9 Å². The minimum atomic E-state index is -3.72. The summed E-state index contributed by atoms with van der Waals surface area (Å²) in [5.41, 5.74) is -0.0153. The van der Waals surface area contributed by atoms with Gasteiger partial charge in [0.05, 0.1) is 18.0 Å². The molecule has 0 spiro atoms. The highest BCUT2D eigenvalue weighted by Crippen LogP contribution is 2.30. The van der Waals surface area contributed by atoms with E-state index in [4.69, 9.17) is 14.6 Å². The number of para-hydroxylation sites is 1. The largest absolute Gasteiger partial charge is 0.490 e. The maximum absolute atomic E-state index is 12.0. The van der Waals surface area contributed by atoms with Gasteiger partial charge in [-0.05, 0) is 50.2 Å². The first kappa shape index (κ1) is 22.3. The highest BCUT2D eigenvalue weighted by atomic mass is 32.2. The Morgan fingerprint density at radius 2 is 1.93 bits per heavy atom. The minimum Gasteiger partial charge on any atom is -0.490 e. The molecular weight excluding hydrogens is 410 g/mol. The molecule has 164 valence electrons. The Morgan fingerprint density at radius 1 is 1.17 bits per heavy atom. The number of hydrogen-bond donors (Lipinski definition) is 2. The smallest absolute Gasteiger partial charge is 0.330 e. The number of rotatable bonds is 12. The Labute approximate surface area is 174 Å². The summed E-state index contributed by atoms with van der Waals surface area (Å²) in [7, 11) is -3.72. The lowest BCUT2D eigenvalue weighted by atomic mass is 10.0. The Bertz CT molecular complexity index is 1060. The lowest BCUT2D eigenvalue weighted by Gasteiger charge is -2.16. The lowest BCUT2D eigenvalue weighted by molar-refractivity contribution is 0.0710. The summed E-state index contributed by atoms with van der Waals surface area (Å²) in [6, 6.07) is 9.02. The van der Waals surface area contributed by atoms with Crippen LogP contribution in [-0.4, -0.2) is 35.9 Å². The van der Waals surface area contributed by atoms with E-state index in [1.54, 1.807) is 0 Å². The highest BCUT2D eigenvalue weighted by Gasteiger charge is 2.25. The maximum atomic E-state index is 12.0. The van der Waals surface area contributed by atoms with E-state index in [-0.39, 0.29) is 19.8 Å². The number of sulfonamides is 1. The van der Waals surface area contributed by atoms with Gasteiger partial charge in [-0.25, -0.2) is 18.4 Å². The molecule has 2 aromatic rings. The van der Waals surface area contributed by atoms with Crippen LogP contribution in [0.4, 0.5) is 0 Å². The molecule has 1 atom stereocenters. The number of nitrogens with zero attached hydrogens (tertiary/aromatic N) is 1. The number of aromatic amines is 1. The molecule has 3 N–H and O–H groups in total. The molecular formula is C20H27N3O6S. The summed E-state index contributed by atoms with van der Waals surface area (Å²) in [4.78, 5) is 24.8. The molecule has 9 nitrogen and oxygen atoms in total. The van der Waals surface area contributed by atoms with Gasteiger partial charge in [-0.3, -0.25) is 14.3 Å². The molecule has 1 fully saturated rings. The zero-order valence-corrected chi connectivity index (χ0v) is 17.5. The monoisotopic (exact) mass is 437 g/mol. The number of aryl methyl sites for hydroxylation is 1. The standard InChI is InChI=1S/C20H27N3O6S/c21-30(26,27)17(11-13-28-14-23-12-10-19(24)22-20(23)25)6-3-5-15-4-1-2-7-18(15)29-16-8-9-16/h1-2,4,7,10,12,16-17H,3,5-6,8-9,11,13-14H2,(H2,21,26,27)(H,22,24,25). The molecule has 1 saturated carbocycles. The predicted molar refractivity (Wildman–Crippen MR) is 112 cm³/mol. The van der Waals surface area contributed by atoms with Crippen molar-refractivity contribution in [3.63, 3.8) is 0 Å². The Hall–Kier alpha value is -2.43. The van der Waals surface area contributed by atoms with Gasteiger partial charge in [-0.15, -0.1) is 0 Å². The molecule has 10 heteroatoms. The van der Waals surface area contributed by atoms with Gasteiger partial charge in [-0.2, -0.15) is 0 Å². The Balaban J connectivity index is 1.48. The Kier molecular flexibility index (Phi) is 7.46. The van der Waals surface area contributed by atoms with E-state index in [1.165, 1.54) is 16.8 Å². The quantitative estimate of drug-likeness (QED) is 0.478. The van der Waals surface area contributed by atoms with Crippen molar-refractivity contribution in [1.82, 2.24) is 9.55 Å². The van der Waals surface area contributed by atoms with E-state index in [9.17, 15) is 18.0 Å². The molecule has 1 aliphatic rings. The predicted octanol–water partition coefficient (Wildman–Crippen LogP) is 1.12. The van der Waals surface area contributed by atoms with Crippen LogP contribution in [0.5, 0.6) is 5.75 Å². The number of benzene rings is 1. The summed E-state index contributed by atoms with van der Waals surface area (Å²) < 4.78 is 36.4. The number of nitrogens with one attached hydrogen (secondary N) is 1. The van der Waals surface area contributed by atoms with Crippen LogP contribution in [0.15, 0.2) is 46.1 Å². The van der Waals surface area contributed by atoms with Crippen molar-refractivity contribution in [2.45, 2.75) is 56.6 Å². The van der Waals surface area contributed by atoms with Crippen molar-refractivity contribution in [2.24, 2.45) is 5.14 Å². The fraction of sp³-hybridized carbons (Fsp3) is 0.500. The topological polar surface area (TPSA) is 133 Å². The van der Waals surface area contributed by atoms with E-state index in [2.05, 4.69) is 4.98 Å². The normalized spacial score (nSPS) is 15.1. The number of primary sulfonamides is 1. The zero-order chi connectivity index (χ0) is 21.6. The summed E-state index contributed by atoms with van der Waals surface area (Å²) in [6.45, 7) is 0.0346. The maximum Gasteiger partial charge on any atom is 0.330 e. The third-order valence-corrected chi connectivity index (χ3v) is 6.34. The van der Waals surface area contributed by atoms with Crippen LogP contribution in [-0.2, 0) is 27.9 Å². The van der Waals surface area contributed by atoms with E-state index in [1.807, 2.05) is 24.3 Å². The van der Waals surface area contributed by atoms with Crippen LogP contribution in [0.1, 0.15) is 37.7 Å². The summed E-state index contributed by atoms with van der Waals surface area (Å²) >= 11 is 0. The van der Waals surface area contributed by atoms with Crippen LogP contribution in [0.25, 0.3) is 0 Å². The number of nitrogens with two attached hydrogens (primary N) is 1. The molecule has 0 bridgehead atoms. The zero-order valence-electron chi connectivity index (χ0n) is 16.7. The lowest BCUT2D eigenvalue weighted by Crippen LogP contribution is -2.31.